The minimum atomic E-state index is -4.78. The van der Waals surface area contributed by atoms with Gasteiger partial charge in [-0.2, -0.15) is 0 Å². The van der Waals surface area contributed by atoms with E-state index in [1.165, 1.54) is 34.9 Å². The van der Waals surface area contributed by atoms with Crippen molar-refractivity contribution in [3.8, 4) is 11.5 Å². The van der Waals surface area contributed by atoms with Gasteiger partial charge in [0.05, 0.1) is 23.8 Å². The lowest BCUT2D eigenvalue weighted by molar-refractivity contribution is -0.384. The Morgan fingerprint density at radius 2 is 1.67 bits per heavy atom. The lowest BCUT2D eigenvalue weighted by Crippen LogP contribution is -2.48. The van der Waals surface area contributed by atoms with Crippen molar-refractivity contribution in [2.75, 3.05) is 69.2 Å². The second kappa shape index (κ2) is 19.4. The molecule has 0 bridgehead atoms. The molecular weight excluding hydrogens is 878 g/mol. The maximum Gasteiger partial charge on any atom is 0.338 e. The minimum absolute atomic E-state index is 0.120. The number of aromatic nitrogens is 1. The standard InChI is InChI=1S/C50H58ClN7O7S/c1-50(2)20-18-37(42(32-50)34-8-10-38(51)11-9-34)33-55-22-24-57(25-23-55)44-31-45(66(62,63)54-49(59)35-6-4-3-5-7-35)48(65-41-16-17-43-36(30-41)19-21-52-43)47(58(60)61)46(44)53-39-12-14-40(15-13-39)56-26-28-64-29-27-56/h3-11,16-17,19,21,30-31,39-40,52-53H,12-15,18,20,22-29,32-33H2,1-2H3,(H,54,59). The van der Waals surface area contributed by atoms with Crippen molar-refractivity contribution in [2.24, 2.45) is 5.41 Å². The third-order valence-electron chi connectivity index (χ3n) is 13.8. The molecule has 0 atom stereocenters. The first-order valence-corrected chi connectivity index (χ1v) is 24.9. The number of hydrogen-bond donors (Lipinski definition) is 3. The van der Waals surface area contributed by atoms with E-state index in [1.807, 2.05) is 23.1 Å². The van der Waals surface area contributed by atoms with Gasteiger partial charge >= 0.3 is 5.69 Å². The van der Waals surface area contributed by atoms with E-state index in [4.69, 9.17) is 21.1 Å². The Labute approximate surface area is 391 Å². The molecule has 0 spiro atoms. The molecule has 1 aromatic heterocycles. The zero-order valence-corrected chi connectivity index (χ0v) is 39.1. The number of aromatic amines is 1. The van der Waals surface area contributed by atoms with E-state index in [2.05, 4.69) is 50.8 Å². The SMILES string of the molecule is CC1(C)CCC(CN2CCN(c3cc(S(=O)(=O)NC(=O)c4ccccc4)c(Oc4ccc5[nH]ccc5c4)c([N+](=O)[O-])c3NC3CCC(N4CCOCC4)CC3)CC2)=C(c2ccc(Cl)cc2)C1. The first kappa shape index (κ1) is 45.7. The number of nitrogens with one attached hydrogen (secondary N) is 3. The van der Waals surface area contributed by atoms with Gasteiger partial charge in [-0.3, -0.25) is 24.7 Å². The second-order valence-corrected chi connectivity index (χ2v) is 20.9. The lowest BCUT2D eigenvalue weighted by Gasteiger charge is -2.41. The highest BCUT2D eigenvalue weighted by molar-refractivity contribution is 7.90. The van der Waals surface area contributed by atoms with Crippen LogP contribution in [-0.4, -0.2) is 105 Å². The maximum atomic E-state index is 14.7. The van der Waals surface area contributed by atoms with Crippen LogP contribution in [0.2, 0.25) is 5.02 Å². The van der Waals surface area contributed by atoms with Crippen molar-refractivity contribution in [2.45, 2.75) is 75.8 Å². The van der Waals surface area contributed by atoms with E-state index in [-0.39, 0.29) is 28.5 Å². The number of anilines is 2. The zero-order chi connectivity index (χ0) is 46.0. The van der Waals surface area contributed by atoms with Crippen LogP contribution in [0.15, 0.2) is 102 Å². The Kier molecular flexibility index (Phi) is 13.4. The number of nitro benzene ring substituents is 1. The molecule has 1 saturated carbocycles. The monoisotopic (exact) mass is 935 g/mol. The number of halogens is 1. The van der Waals surface area contributed by atoms with Crippen molar-refractivity contribution >= 4 is 61.1 Å². The molecular formula is C50H58ClN7O7S. The van der Waals surface area contributed by atoms with Crippen molar-refractivity contribution < 1.29 is 27.6 Å². The van der Waals surface area contributed by atoms with E-state index in [0.29, 0.717) is 56.1 Å². The second-order valence-electron chi connectivity index (χ2n) is 18.8. The summed E-state index contributed by atoms with van der Waals surface area (Å²) in [6, 6.07) is 24.8. The van der Waals surface area contributed by atoms with E-state index in [9.17, 15) is 23.3 Å². The van der Waals surface area contributed by atoms with Gasteiger partial charge in [0.1, 0.15) is 16.3 Å². The Balaban J connectivity index is 1.09. The van der Waals surface area contributed by atoms with Gasteiger partial charge in [0.2, 0.25) is 5.75 Å². The summed E-state index contributed by atoms with van der Waals surface area (Å²) in [7, 11) is -4.78. The number of benzene rings is 4. The van der Waals surface area contributed by atoms with Crippen molar-refractivity contribution in [1.82, 2.24) is 19.5 Å². The van der Waals surface area contributed by atoms with Crippen LogP contribution < -0.4 is 19.7 Å². The number of morpholine rings is 1. The number of nitrogens with zero attached hydrogens (tertiary/aromatic N) is 4. The number of H-pyrrole nitrogens is 1. The van der Waals surface area contributed by atoms with Gasteiger partial charge < -0.3 is 24.7 Å². The molecule has 4 aliphatic rings. The highest BCUT2D eigenvalue weighted by Crippen LogP contribution is 2.50. The van der Waals surface area contributed by atoms with E-state index in [0.717, 1.165) is 75.5 Å². The lowest BCUT2D eigenvalue weighted by atomic mass is 9.72. The summed E-state index contributed by atoms with van der Waals surface area (Å²) in [5.41, 5.74) is 5.12. The highest BCUT2D eigenvalue weighted by Gasteiger charge is 2.39. The molecule has 3 fully saturated rings. The number of carbonyl (C=O) groups excluding carboxylic acids is 1. The van der Waals surface area contributed by atoms with Gasteiger partial charge in [-0.05, 0) is 116 Å². The molecule has 9 rings (SSSR count). The fourth-order valence-corrected chi connectivity index (χ4v) is 11.4. The zero-order valence-electron chi connectivity index (χ0n) is 37.6. The van der Waals surface area contributed by atoms with Gasteiger partial charge in [0, 0.05) is 85.6 Å². The quantitative estimate of drug-likeness (QED) is 0.0762. The number of sulfonamides is 1. The number of hydrogen-bond acceptors (Lipinski definition) is 11. The molecule has 1 amide bonds. The number of fused-ring (bicyclic) bond motifs is 1. The number of allylic oxidation sites excluding steroid dienone is 1. The van der Waals surface area contributed by atoms with Crippen LogP contribution in [-0.2, 0) is 14.8 Å². The molecule has 3 heterocycles. The molecule has 0 radical (unpaired) electrons. The largest absolute Gasteiger partial charge is 0.449 e. The van der Waals surface area contributed by atoms with Crippen molar-refractivity contribution in [3.63, 3.8) is 0 Å². The fraction of sp³-hybridized carbons (Fsp3) is 0.420. The summed E-state index contributed by atoms with van der Waals surface area (Å²) in [5.74, 6) is -1.14. The molecule has 4 aromatic carbocycles. The Morgan fingerprint density at radius 3 is 2.38 bits per heavy atom. The fourth-order valence-electron chi connectivity index (χ4n) is 10.1. The van der Waals surface area contributed by atoms with Crippen LogP contribution in [0.25, 0.3) is 16.5 Å². The average Bonchev–Trinajstić information content (AvgIpc) is 3.79. The Hall–Kier alpha value is -5.45. The van der Waals surface area contributed by atoms with Gasteiger partial charge in [0.25, 0.3) is 15.9 Å². The van der Waals surface area contributed by atoms with Gasteiger partial charge in [-0.1, -0.05) is 61.4 Å². The Bertz CT molecular complexity index is 2700. The summed E-state index contributed by atoms with van der Waals surface area (Å²) < 4.78 is 43.6. The molecule has 0 unspecified atom stereocenters. The van der Waals surface area contributed by atoms with Crippen molar-refractivity contribution in [1.29, 1.82) is 0 Å². The summed E-state index contributed by atoms with van der Waals surface area (Å²) in [6.07, 6.45) is 8.13. The van der Waals surface area contributed by atoms with Crippen molar-refractivity contribution in [3.05, 3.63) is 123 Å². The minimum Gasteiger partial charge on any atom is -0.449 e. The van der Waals surface area contributed by atoms with Crippen LogP contribution in [0.1, 0.15) is 74.7 Å². The van der Waals surface area contributed by atoms with Gasteiger partial charge in [-0.15, -0.1) is 0 Å². The molecule has 5 aromatic rings. The predicted octanol–water partition coefficient (Wildman–Crippen LogP) is 9.48. The summed E-state index contributed by atoms with van der Waals surface area (Å²) in [5, 5.41) is 18.8. The first-order valence-electron chi connectivity index (χ1n) is 23.1. The average molecular weight is 937 g/mol. The number of nitro groups is 1. The number of piperazine rings is 1. The van der Waals surface area contributed by atoms with Gasteiger partial charge in [-0.25, -0.2) is 13.1 Å². The molecule has 3 N–H and O–H groups in total. The third-order valence-corrected chi connectivity index (χ3v) is 15.4. The van der Waals surface area contributed by atoms with Crippen LogP contribution in [0.5, 0.6) is 11.5 Å². The molecule has 2 aliphatic heterocycles. The highest BCUT2D eigenvalue weighted by atomic mass is 35.5. The van der Waals surface area contributed by atoms with E-state index in [1.54, 1.807) is 42.6 Å². The van der Waals surface area contributed by atoms with Crippen LogP contribution in [0.4, 0.5) is 17.1 Å². The third kappa shape index (κ3) is 10.2. The summed E-state index contributed by atoms with van der Waals surface area (Å²) >= 11 is 6.30. The van der Waals surface area contributed by atoms with Crippen LogP contribution in [0, 0.1) is 15.5 Å². The van der Waals surface area contributed by atoms with Crippen LogP contribution >= 0.6 is 11.6 Å². The predicted molar refractivity (Wildman–Crippen MR) is 259 cm³/mol. The molecule has 66 heavy (non-hydrogen) atoms. The maximum absolute atomic E-state index is 14.7. The molecule has 16 heteroatoms. The number of rotatable bonds is 13. The van der Waals surface area contributed by atoms with E-state index >= 15 is 0 Å². The van der Waals surface area contributed by atoms with E-state index < -0.39 is 37.2 Å². The van der Waals surface area contributed by atoms with Gasteiger partial charge in [0.15, 0.2) is 0 Å². The van der Waals surface area contributed by atoms with Crippen LogP contribution in [0.3, 0.4) is 0 Å². The summed E-state index contributed by atoms with van der Waals surface area (Å²) in [4.78, 5) is 36.2. The number of ether oxygens (including phenoxy) is 2. The summed E-state index contributed by atoms with van der Waals surface area (Å²) in [6.45, 7) is 10.8. The molecule has 348 valence electrons. The smallest absolute Gasteiger partial charge is 0.338 e. The number of carbonyl (C=O) groups is 1. The molecule has 14 nitrogen and oxygen atoms in total. The number of amides is 1. The Morgan fingerprint density at radius 1 is 0.939 bits per heavy atom. The molecule has 2 saturated heterocycles. The molecule has 2 aliphatic carbocycles. The first-order chi connectivity index (χ1) is 31.8. The topological polar surface area (TPSA) is 162 Å². The normalized spacial score (nSPS) is 20.9.